The zero-order valence-corrected chi connectivity index (χ0v) is 20.5. The van der Waals surface area contributed by atoms with Crippen LogP contribution in [0.4, 0.5) is 0 Å². The van der Waals surface area contributed by atoms with Gasteiger partial charge in [-0.3, -0.25) is 9.59 Å². The lowest BCUT2D eigenvalue weighted by molar-refractivity contribution is -0.133. The Bertz CT molecular complexity index is 1230. The van der Waals surface area contributed by atoms with Gasteiger partial charge in [0, 0.05) is 29.6 Å². The molecule has 166 valence electrons. The minimum atomic E-state index is -0.933. The average Bonchev–Trinajstić information content (AvgIpc) is 3.42. The maximum Gasteiger partial charge on any atom is 0.275 e. The van der Waals surface area contributed by atoms with E-state index < -0.39 is 5.54 Å². The number of halogens is 1. The van der Waals surface area contributed by atoms with E-state index in [1.54, 1.807) is 37.2 Å². The molecule has 1 aromatic carbocycles. The first-order valence-electron chi connectivity index (χ1n) is 10.4. The first kappa shape index (κ1) is 21.2. The molecule has 0 unspecified atom stereocenters. The zero-order valence-electron chi connectivity index (χ0n) is 18.1. The monoisotopic (exact) mass is 514 g/mol. The number of fused-ring (bicyclic) bond motifs is 3. The maximum absolute atomic E-state index is 13.7. The SMILES string of the molecule is COc1cc2c(cc1Br)-c1c(c(C(=O)N3CCNC(=O)C3(C)C)nn1-c1ccsc1)CC2. The lowest BCUT2D eigenvalue weighted by atomic mass is 9.88. The van der Waals surface area contributed by atoms with Crippen LogP contribution in [0.3, 0.4) is 0 Å². The van der Waals surface area contributed by atoms with Crippen LogP contribution in [0.5, 0.6) is 5.75 Å². The van der Waals surface area contributed by atoms with Crippen LogP contribution in [0.1, 0.15) is 35.5 Å². The molecule has 0 bridgehead atoms. The first-order chi connectivity index (χ1) is 15.3. The number of nitrogens with zero attached hydrogens (tertiary/aromatic N) is 3. The number of aryl methyl sites for hydroxylation is 1. The van der Waals surface area contributed by atoms with E-state index >= 15 is 0 Å². The van der Waals surface area contributed by atoms with Crippen molar-refractivity contribution in [3.05, 3.63) is 50.3 Å². The van der Waals surface area contributed by atoms with E-state index in [0.717, 1.165) is 44.7 Å². The van der Waals surface area contributed by atoms with Gasteiger partial charge in [0.2, 0.25) is 5.91 Å². The van der Waals surface area contributed by atoms with Gasteiger partial charge in [-0.05, 0) is 71.8 Å². The summed E-state index contributed by atoms with van der Waals surface area (Å²) in [5.74, 6) is 0.432. The van der Waals surface area contributed by atoms with Crippen LogP contribution in [-0.4, -0.2) is 52.2 Å². The third kappa shape index (κ3) is 3.17. The Kier molecular flexibility index (Phi) is 5.13. The van der Waals surface area contributed by atoms with Crippen molar-refractivity contribution >= 4 is 39.1 Å². The van der Waals surface area contributed by atoms with Crippen LogP contribution in [-0.2, 0) is 17.6 Å². The molecule has 5 rings (SSSR count). The zero-order chi connectivity index (χ0) is 22.6. The molecule has 1 aliphatic heterocycles. The van der Waals surface area contributed by atoms with Crippen molar-refractivity contribution in [2.24, 2.45) is 0 Å². The number of carbonyl (C=O) groups is 2. The molecule has 2 amide bonds. The number of nitrogens with one attached hydrogen (secondary N) is 1. The van der Waals surface area contributed by atoms with Crippen molar-refractivity contribution in [2.75, 3.05) is 20.2 Å². The number of amides is 2. The lowest BCUT2D eigenvalue weighted by Crippen LogP contribution is -2.63. The minimum Gasteiger partial charge on any atom is -0.496 e. The van der Waals surface area contributed by atoms with Crippen LogP contribution in [0, 0.1) is 0 Å². The second-order valence-electron chi connectivity index (χ2n) is 8.48. The molecule has 0 radical (unpaired) electrons. The third-order valence-corrected chi connectivity index (χ3v) is 7.60. The number of methoxy groups -OCH3 is 1. The number of aromatic nitrogens is 2. The van der Waals surface area contributed by atoms with Gasteiger partial charge in [0.15, 0.2) is 5.69 Å². The molecule has 0 spiro atoms. The Balaban J connectivity index is 1.69. The number of rotatable bonds is 3. The molecule has 1 N–H and O–H groups in total. The Morgan fingerprint density at radius 3 is 2.84 bits per heavy atom. The summed E-state index contributed by atoms with van der Waals surface area (Å²) in [5.41, 5.74) is 4.45. The van der Waals surface area contributed by atoms with Gasteiger partial charge in [-0.1, -0.05) is 0 Å². The molecule has 9 heteroatoms. The fraction of sp³-hybridized carbons (Fsp3) is 0.348. The molecule has 1 saturated heterocycles. The summed E-state index contributed by atoms with van der Waals surface area (Å²) >= 11 is 5.19. The highest BCUT2D eigenvalue weighted by molar-refractivity contribution is 9.10. The second-order valence-corrected chi connectivity index (χ2v) is 10.1. The molecule has 2 aliphatic rings. The van der Waals surface area contributed by atoms with E-state index in [-0.39, 0.29) is 11.8 Å². The summed E-state index contributed by atoms with van der Waals surface area (Å²) in [6.45, 7) is 4.45. The Morgan fingerprint density at radius 2 is 2.12 bits per heavy atom. The quantitative estimate of drug-likeness (QED) is 0.576. The minimum absolute atomic E-state index is 0.149. The normalized spacial score (nSPS) is 16.9. The fourth-order valence-corrected chi connectivity index (χ4v) is 5.64. The van der Waals surface area contributed by atoms with Gasteiger partial charge in [0.25, 0.3) is 5.91 Å². The van der Waals surface area contributed by atoms with Crippen molar-refractivity contribution in [3.8, 4) is 22.7 Å². The molecular weight excluding hydrogens is 492 g/mol. The van der Waals surface area contributed by atoms with E-state index in [1.807, 2.05) is 33.6 Å². The Labute approximate surface area is 198 Å². The van der Waals surface area contributed by atoms with Gasteiger partial charge < -0.3 is 15.0 Å². The molecule has 0 atom stereocenters. The van der Waals surface area contributed by atoms with Crippen molar-refractivity contribution in [2.45, 2.75) is 32.2 Å². The fourth-order valence-electron chi connectivity index (χ4n) is 4.52. The number of benzene rings is 1. The van der Waals surface area contributed by atoms with Crippen LogP contribution in [0.25, 0.3) is 16.9 Å². The number of hydrogen-bond acceptors (Lipinski definition) is 5. The molecule has 1 fully saturated rings. The molecule has 2 aromatic heterocycles. The van der Waals surface area contributed by atoms with Gasteiger partial charge in [0.1, 0.15) is 11.3 Å². The summed E-state index contributed by atoms with van der Waals surface area (Å²) in [6, 6.07) is 6.09. The number of piperazine rings is 1. The van der Waals surface area contributed by atoms with Gasteiger partial charge in [-0.2, -0.15) is 16.4 Å². The Hall–Kier alpha value is -2.65. The number of carbonyl (C=O) groups excluding carboxylic acids is 2. The van der Waals surface area contributed by atoms with Gasteiger partial charge in [-0.25, -0.2) is 4.68 Å². The van der Waals surface area contributed by atoms with E-state index in [9.17, 15) is 9.59 Å². The predicted molar refractivity (Wildman–Crippen MR) is 127 cm³/mol. The van der Waals surface area contributed by atoms with Crippen molar-refractivity contribution < 1.29 is 14.3 Å². The van der Waals surface area contributed by atoms with E-state index in [2.05, 4.69) is 21.2 Å². The lowest BCUT2D eigenvalue weighted by Gasteiger charge is -2.40. The summed E-state index contributed by atoms with van der Waals surface area (Å²) in [6.07, 6.45) is 1.48. The summed E-state index contributed by atoms with van der Waals surface area (Å²) < 4.78 is 8.21. The van der Waals surface area contributed by atoms with Crippen LogP contribution in [0.15, 0.2) is 33.4 Å². The summed E-state index contributed by atoms with van der Waals surface area (Å²) in [7, 11) is 1.66. The highest BCUT2D eigenvalue weighted by atomic mass is 79.9. The maximum atomic E-state index is 13.7. The topological polar surface area (TPSA) is 76.5 Å². The van der Waals surface area contributed by atoms with Crippen molar-refractivity contribution in [1.29, 1.82) is 0 Å². The van der Waals surface area contributed by atoms with Gasteiger partial charge in [0.05, 0.1) is 23.0 Å². The van der Waals surface area contributed by atoms with E-state index in [1.165, 1.54) is 0 Å². The molecule has 1 aliphatic carbocycles. The summed E-state index contributed by atoms with van der Waals surface area (Å²) in [5, 5.41) is 11.7. The molecule has 32 heavy (non-hydrogen) atoms. The van der Waals surface area contributed by atoms with E-state index in [0.29, 0.717) is 25.2 Å². The van der Waals surface area contributed by atoms with Crippen LogP contribution in [0.2, 0.25) is 0 Å². The largest absolute Gasteiger partial charge is 0.496 e. The number of hydrogen-bond donors (Lipinski definition) is 1. The molecule has 3 aromatic rings. The number of thiophene rings is 1. The average molecular weight is 515 g/mol. The second kappa shape index (κ2) is 7.74. The van der Waals surface area contributed by atoms with Crippen molar-refractivity contribution in [3.63, 3.8) is 0 Å². The highest BCUT2D eigenvalue weighted by Crippen LogP contribution is 2.42. The van der Waals surface area contributed by atoms with Gasteiger partial charge >= 0.3 is 0 Å². The number of ether oxygens (including phenoxy) is 1. The highest BCUT2D eigenvalue weighted by Gasteiger charge is 2.43. The Morgan fingerprint density at radius 1 is 1.31 bits per heavy atom. The standard InChI is InChI=1S/C23H23BrN4O3S/c1-23(2)22(30)25-7-8-27(23)21(29)19-15-5-4-13-10-18(31-3)17(24)11-16(13)20(15)28(26-19)14-6-9-32-12-14/h6,9-12H,4-5,7-8H2,1-3H3,(H,25,30). The molecule has 0 saturated carbocycles. The van der Waals surface area contributed by atoms with Crippen molar-refractivity contribution in [1.82, 2.24) is 20.0 Å². The molecule has 3 heterocycles. The van der Waals surface area contributed by atoms with E-state index in [4.69, 9.17) is 9.84 Å². The smallest absolute Gasteiger partial charge is 0.275 e. The first-order valence-corrected chi connectivity index (χ1v) is 12.2. The summed E-state index contributed by atoms with van der Waals surface area (Å²) in [4.78, 5) is 27.8. The molecular formula is C23H23BrN4O3S. The predicted octanol–water partition coefficient (Wildman–Crippen LogP) is 3.82. The third-order valence-electron chi connectivity index (χ3n) is 6.31. The van der Waals surface area contributed by atoms with Gasteiger partial charge in [-0.15, -0.1) is 0 Å². The van der Waals surface area contributed by atoms with Crippen LogP contribution < -0.4 is 10.1 Å². The van der Waals surface area contributed by atoms with Crippen LogP contribution >= 0.6 is 27.3 Å². The molecule has 7 nitrogen and oxygen atoms in total.